The second-order valence-electron chi connectivity index (χ2n) is 3.76. The molecule has 1 heteroatoms. The van der Waals surface area contributed by atoms with Crippen molar-refractivity contribution in [2.45, 2.75) is 20.3 Å². The summed E-state index contributed by atoms with van der Waals surface area (Å²) in [5, 5.41) is 2.61. The van der Waals surface area contributed by atoms with Crippen LogP contribution in [0, 0.1) is 6.92 Å². The van der Waals surface area contributed by atoms with Gasteiger partial charge in [-0.2, -0.15) is 0 Å². The first-order chi connectivity index (χ1) is 7.27. The first-order valence-electron chi connectivity index (χ1n) is 5.33. The molecule has 0 aliphatic rings. The van der Waals surface area contributed by atoms with Crippen molar-refractivity contribution >= 4 is 10.8 Å². The third kappa shape index (κ3) is 1.58. The third-order valence-corrected chi connectivity index (χ3v) is 2.97. The molecule has 0 unspecified atom stereocenters. The van der Waals surface area contributed by atoms with Gasteiger partial charge < -0.3 is 4.74 Å². The van der Waals surface area contributed by atoms with Crippen molar-refractivity contribution in [1.82, 2.24) is 0 Å². The summed E-state index contributed by atoms with van der Waals surface area (Å²) in [5.41, 5.74) is 2.66. The van der Waals surface area contributed by atoms with Crippen molar-refractivity contribution in [3.05, 3.63) is 41.5 Å². The van der Waals surface area contributed by atoms with Crippen molar-refractivity contribution in [1.29, 1.82) is 0 Å². The minimum atomic E-state index is 0.991. The number of aryl methyl sites for hydroxylation is 1. The van der Waals surface area contributed by atoms with Crippen LogP contribution in [0.1, 0.15) is 18.1 Å². The second kappa shape index (κ2) is 3.93. The molecule has 1 nitrogen and oxygen atoms in total. The summed E-state index contributed by atoms with van der Waals surface area (Å²) >= 11 is 0. The molecule has 0 aliphatic heterocycles. The Balaban J connectivity index is 2.83. The van der Waals surface area contributed by atoms with Gasteiger partial charge in [-0.25, -0.2) is 0 Å². The Hall–Kier alpha value is -1.50. The van der Waals surface area contributed by atoms with Crippen LogP contribution in [0.15, 0.2) is 30.3 Å². The largest absolute Gasteiger partial charge is 0.496 e. The Labute approximate surface area is 90.7 Å². The number of benzene rings is 2. The highest BCUT2D eigenvalue weighted by Crippen LogP contribution is 2.30. The molecular weight excluding hydrogens is 184 g/mol. The number of methoxy groups -OCH3 is 1. The minimum absolute atomic E-state index is 0.991. The van der Waals surface area contributed by atoms with Gasteiger partial charge in [-0.1, -0.05) is 31.2 Å². The van der Waals surface area contributed by atoms with Crippen molar-refractivity contribution in [3.8, 4) is 5.75 Å². The summed E-state index contributed by atoms with van der Waals surface area (Å²) in [6.07, 6.45) is 1.05. The molecule has 2 rings (SSSR count). The SMILES string of the molecule is CCc1c(C)c(OC)cc2ccccc12. The lowest BCUT2D eigenvalue weighted by Gasteiger charge is -2.12. The van der Waals surface area contributed by atoms with Crippen molar-refractivity contribution < 1.29 is 4.74 Å². The van der Waals surface area contributed by atoms with Gasteiger partial charge in [0.15, 0.2) is 0 Å². The van der Waals surface area contributed by atoms with Crippen LogP contribution in [0.2, 0.25) is 0 Å². The molecule has 0 N–H and O–H groups in total. The fourth-order valence-corrected chi connectivity index (χ4v) is 2.17. The molecule has 78 valence electrons. The molecular formula is C14H16O. The molecule has 2 aromatic carbocycles. The topological polar surface area (TPSA) is 9.23 Å². The summed E-state index contributed by atoms with van der Waals surface area (Å²) in [4.78, 5) is 0. The van der Waals surface area contributed by atoms with Crippen molar-refractivity contribution in [3.63, 3.8) is 0 Å². The first-order valence-corrected chi connectivity index (χ1v) is 5.33. The lowest BCUT2D eigenvalue weighted by molar-refractivity contribution is 0.412. The van der Waals surface area contributed by atoms with Gasteiger partial charge in [-0.05, 0) is 41.3 Å². The molecule has 0 spiro atoms. The average Bonchev–Trinajstić information content (AvgIpc) is 2.28. The Bertz CT molecular complexity index is 486. The molecule has 0 heterocycles. The maximum absolute atomic E-state index is 5.40. The number of ether oxygens (including phenoxy) is 1. The van der Waals surface area contributed by atoms with E-state index >= 15 is 0 Å². The molecule has 0 radical (unpaired) electrons. The van der Waals surface area contributed by atoms with Crippen LogP contribution in [0.5, 0.6) is 5.75 Å². The summed E-state index contributed by atoms with van der Waals surface area (Å²) < 4.78 is 5.40. The van der Waals surface area contributed by atoms with E-state index in [4.69, 9.17) is 4.74 Å². The highest BCUT2D eigenvalue weighted by Gasteiger charge is 2.08. The Morgan fingerprint density at radius 3 is 2.60 bits per heavy atom. The average molecular weight is 200 g/mol. The molecule has 0 amide bonds. The maximum Gasteiger partial charge on any atom is 0.122 e. The molecule has 0 bridgehead atoms. The highest BCUT2D eigenvalue weighted by atomic mass is 16.5. The van der Waals surface area contributed by atoms with Gasteiger partial charge in [0.1, 0.15) is 5.75 Å². The molecule has 0 aliphatic carbocycles. The quantitative estimate of drug-likeness (QED) is 0.718. The fraction of sp³-hybridized carbons (Fsp3) is 0.286. The monoisotopic (exact) mass is 200 g/mol. The van der Waals surface area contributed by atoms with Crippen molar-refractivity contribution in [2.24, 2.45) is 0 Å². The lowest BCUT2D eigenvalue weighted by Crippen LogP contribution is -1.94. The lowest BCUT2D eigenvalue weighted by atomic mass is 9.97. The van der Waals surface area contributed by atoms with Crippen molar-refractivity contribution in [2.75, 3.05) is 7.11 Å². The summed E-state index contributed by atoms with van der Waals surface area (Å²) in [6.45, 7) is 4.32. The number of hydrogen-bond acceptors (Lipinski definition) is 1. The van der Waals surface area contributed by atoms with E-state index in [1.807, 2.05) is 0 Å². The smallest absolute Gasteiger partial charge is 0.122 e. The zero-order chi connectivity index (χ0) is 10.8. The highest BCUT2D eigenvalue weighted by molar-refractivity contribution is 5.88. The van der Waals surface area contributed by atoms with Crippen LogP contribution < -0.4 is 4.74 Å². The first kappa shape index (κ1) is 10.0. The molecule has 0 saturated carbocycles. The molecule has 15 heavy (non-hydrogen) atoms. The summed E-state index contributed by atoms with van der Waals surface area (Å²) in [7, 11) is 1.73. The molecule has 0 aromatic heterocycles. The van der Waals surface area contributed by atoms with E-state index in [0.717, 1.165) is 12.2 Å². The van der Waals surface area contributed by atoms with Gasteiger partial charge in [0.25, 0.3) is 0 Å². The van der Waals surface area contributed by atoms with E-state index in [-0.39, 0.29) is 0 Å². The number of rotatable bonds is 2. The van der Waals surface area contributed by atoms with Gasteiger partial charge in [0.2, 0.25) is 0 Å². The summed E-state index contributed by atoms with van der Waals surface area (Å²) in [5.74, 6) is 0.991. The predicted octanol–water partition coefficient (Wildman–Crippen LogP) is 3.72. The normalized spacial score (nSPS) is 10.6. The fourth-order valence-electron chi connectivity index (χ4n) is 2.17. The Morgan fingerprint density at radius 2 is 1.93 bits per heavy atom. The third-order valence-electron chi connectivity index (χ3n) is 2.97. The van der Waals surface area contributed by atoms with E-state index in [9.17, 15) is 0 Å². The molecule has 0 fully saturated rings. The van der Waals surface area contributed by atoms with Crippen LogP contribution in [-0.2, 0) is 6.42 Å². The van der Waals surface area contributed by atoms with E-state index < -0.39 is 0 Å². The Morgan fingerprint density at radius 1 is 1.20 bits per heavy atom. The van der Waals surface area contributed by atoms with Gasteiger partial charge in [-0.3, -0.25) is 0 Å². The van der Waals surface area contributed by atoms with E-state index in [2.05, 4.69) is 44.2 Å². The van der Waals surface area contributed by atoms with Gasteiger partial charge in [0.05, 0.1) is 7.11 Å². The standard InChI is InChI=1S/C14H16O/c1-4-12-10(2)14(15-3)9-11-7-5-6-8-13(11)12/h5-9H,4H2,1-3H3. The van der Waals surface area contributed by atoms with Crippen LogP contribution in [0.4, 0.5) is 0 Å². The molecule has 0 atom stereocenters. The van der Waals surface area contributed by atoms with E-state index in [0.29, 0.717) is 0 Å². The van der Waals surface area contributed by atoms with Gasteiger partial charge >= 0.3 is 0 Å². The number of hydrogen-bond donors (Lipinski definition) is 0. The van der Waals surface area contributed by atoms with Crippen LogP contribution in [0.25, 0.3) is 10.8 Å². The zero-order valence-corrected chi connectivity index (χ0v) is 9.50. The second-order valence-corrected chi connectivity index (χ2v) is 3.76. The van der Waals surface area contributed by atoms with Crippen LogP contribution >= 0.6 is 0 Å². The summed E-state index contributed by atoms with van der Waals surface area (Å²) in [6, 6.07) is 10.6. The van der Waals surface area contributed by atoms with Crippen LogP contribution in [0.3, 0.4) is 0 Å². The Kier molecular flexibility index (Phi) is 2.63. The van der Waals surface area contributed by atoms with Crippen LogP contribution in [-0.4, -0.2) is 7.11 Å². The molecule has 2 aromatic rings. The van der Waals surface area contributed by atoms with E-state index in [1.54, 1.807) is 7.11 Å². The van der Waals surface area contributed by atoms with Gasteiger partial charge in [-0.15, -0.1) is 0 Å². The predicted molar refractivity (Wildman–Crippen MR) is 64.6 cm³/mol. The zero-order valence-electron chi connectivity index (χ0n) is 9.50. The maximum atomic E-state index is 5.40. The van der Waals surface area contributed by atoms with Gasteiger partial charge in [0, 0.05) is 0 Å². The number of fused-ring (bicyclic) bond motifs is 1. The minimum Gasteiger partial charge on any atom is -0.496 e. The van der Waals surface area contributed by atoms with E-state index in [1.165, 1.54) is 21.9 Å². The molecule has 0 saturated heterocycles.